The zero-order valence-electron chi connectivity index (χ0n) is 11.3. The Morgan fingerprint density at radius 2 is 2.00 bits per heavy atom. The van der Waals surface area contributed by atoms with Gasteiger partial charge in [-0.1, -0.05) is 12.8 Å². The summed E-state index contributed by atoms with van der Waals surface area (Å²) in [5.41, 5.74) is 0. The molecule has 0 amide bonds. The molecule has 0 spiro atoms. The van der Waals surface area contributed by atoms with Gasteiger partial charge in [-0.3, -0.25) is 4.79 Å². The minimum atomic E-state index is -0.763. The molecule has 1 aliphatic carbocycles. The predicted octanol–water partition coefficient (Wildman–Crippen LogP) is 1.26. The van der Waals surface area contributed by atoms with Crippen molar-refractivity contribution in [3.63, 3.8) is 0 Å². The number of carboxylic acids is 1. The lowest BCUT2D eigenvalue weighted by atomic mass is 9.79. The van der Waals surface area contributed by atoms with Crippen LogP contribution in [0.25, 0.3) is 0 Å². The molecule has 1 aromatic rings. The van der Waals surface area contributed by atoms with E-state index in [2.05, 4.69) is 10.1 Å². The highest BCUT2D eigenvalue weighted by Crippen LogP contribution is 2.37. The summed E-state index contributed by atoms with van der Waals surface area (Å²) in [4.78, 5) is 17.8. The second-order valence-corrected chi connectivity index (χ2v) is 5.37. The molecule has 1 N–H and O–H groups in total. The Morgan fingerprint density at radius 1 is 1.25 bits per heavy atom. The van der Waals surface area contributed by atoms with Crippen LogP contribution in [0.15, 0.2) is 4.52 Å². The van der Waals surface area contributed by atoms with Crippen LogP contribution in [0.4, 0.5) is 5.95 Å². The zero-order chi connectivity index (χ0) is 13.9. The molecule has 2 aliphatic rings. The molecule has 1 saturated heterocycles. The van der Waals surface area contributed by atoms with Crippen LogP contribution in [-0.4, -0.2) is 47.5 Å². The van der Waals surface area contributed by atoms with Gasteiger partial charge in [-0.2, -0.15) is 4.98 Å². The number of hydrogen-bond donors (Lipinski definition) is 1. The van der Waals surface area contributed by atoms with Gasteiger partial charge in [0.15, 0.2) is 0 Å². The van der Waals surface area contributed by atoms with Crippen LogP contribution in [-0.2, 0) is 9.53 Å². The molecule has 0 aromatic carbocycles. The van der Waals surface area contributed by atoms with Crippen molar-refractivity contribution in [3.8, 4) is 0 Å². The lowest BCUT2D eigenvalue weighted by molar-refractivity contribution is -0.143. The molecular formula is C13H19N3O4. The van der Waals surface area contributed by atoms with E-state index in [0.29, 0.717) is 31.5 Å². The van der Waals surface area contributed by atoms with Crippen molar-refractivity contribution in [1.29, 1.82) is 0 Å². The fourth-order valence-electron chi connectivity index (χ4n) is 2.99. The maximum atomic E-state index is 11.3. The molecule has 7 nitrogen and oxygen atoms in total. The first-order chi connectivity index (χ1) is 9.75. The summed E-state index contributed by atoms with van der Waals surface area (Å²) in [6.45, 7) is 2.80. The first-order valence-electron chi connectivity index (χ1n) is 7.15. The highest BCUT2D eigenvalue weighted by molar-refractivity contribution is 5.71. The van der Waals surface area contributed by atoms with E-state index in [-0.39, 0.29) is 5.92 Å². The topological polar surface area (TPSA) is 88.7 Å². The van der Waals surface area contributed by atoms with Gasteiger partial charge in [0.1, 0.15) is 0 Å². The molecule has 0 bridgehead atoms. The van der Waals surface area contributed by atoms with Crippen molar-refractivity contribution in [3.05, 3.63) is 5.89 Å². The van der Waals surface area contributed by atoms with E-state index in [9.17, 15) is 9.90 Å². The Morgan fingerprint density at radius 3 is 2.75 bits per heavy atom. The number of ether oxygens (including phenoxy) is 1. The maximum Gasteiger partial charge on any atom is 0.307 e. The minimum absolute atomic E-state index is 0.149. The smallest absolute Gasteiger partial charge is 0.307 e. The van der Waals surface area contributed by atoms with E-state index in [4.69, 9.17) is 9.26 Å². The highest BCUT2D eigenvalue weighted by Gasteiger charge is 2.36. The van der Waals surface area contributed by atoms with Gasteiger partial charge >= 0.3 is 5.97 Å². The van der Waals surface area contributed by atoms with Crippen molar-refractivity contribution in [1.82, 2.24) is 10.1 Å². The van der Waals surface area contributed by atoms with E-state index >= 15 is 0 Å². The van der Waals surface area contributed by atoms with Gasteiger partial charge in [0, 0.05) is 13.1 Å². The summed E-state index contributed by atoms with van der Waals surface area (Å²) >= 11 is 0. The van der Waals surface area contributed by atoms with Crippen LogP contribution in [0.2, 0.25) is 0 Å². The lowest BCUT2D eigenvalue weighted by Gasteiger charge is -2.26. The first kappa shape index (κ1) is 13.4. The molecule has 3 rings (SSSR count). The quantitative estimate of drug-likeness (QED) is 0.892. The number of carbonyl (C=O) groups is 1. The molecule has 20 heavy (non-hydrogen) atoms. The monoisotopic (exact) mass is 281 g/mol. The molecule has 0 radical (unpaired) electrons. The summed E-state index contributed by atoms with van der Waals surface area (Å²) in [6, 6.07) is 0. The summed E-state index contributed by atoms with van der Waals surface area (Å²) < 4.78 is 10.6. The standard InChI is InChI=1S/C13H19N3O4/c17-12(18)10-4-2-1-3-9(10)11-14-13(15-20-11)16-5-7-19-8-6-16/h9-10H,1-8H2,(H,17,18). The van der Waals surface area contributed by atoms with Gasteiger partial charge in [-0.15, -0.1) is 0 Å². The highest BCUT2D eigenvalue weighted by atomic mass is 16.5. The third-order valence-corrected chi connectivity index (χ3v) is 4.13. The van der Waals surface area contributed by atoms with Gasteiger partial charge in [0.2, 0.25) is 5.89 Å². The van der Waals surface area contributed by atoms with E-state index < -0.39 is 11.9 Å². The number of hydrogen-bond acceptors (Lipinski definition) is 6. The number of aliphatic carboxylic acids is 1. The van der Waals surface area contributed by atoms with Crippen LogP contribution >= 0.6 is 0 Å². The normalized spacial score (nSPS) is 27.5. The lowest BCUT2D eigenvalue weighted by Crippen LogP contribution is -2.37. The Balaban J connectivity index is 1.76. The molecule has 2 heterocycles. The molecule has 110 valence electrons. The van der Waals surface area contributed by atoms with Gasteiger partial charge in [0.25, 0.3) is 5.95 Å². The second-order valence-electron chi connectivity index (χ2n) is 5.37. The van der Waals surface area contributed by atoms with Gasteiger partial charge in [0.05, 0.1) is 25.0 Å². The van der Waals surface area contributed by atoms with Crippen LogP contribution in [0.3, 0.4) is 0 Å². The third kappa shape index (κ3) is 2.63. The molecule has 2 unspecified atom stereocenters. The number of aromatic nitrogens is 2. The van der Waals surface area contributed by atoms with E-state index in [1.807, 2.05) is 4.90 Å². The Bertz CT molecular complexity index is 470. The molecule has 1 aromatic heterocycles. The summed E-state index contributed by atoms with van der Waals surface area (Å²) in [7, 11) is 0. The van der Waals surface area contributed by atoms with Crippen molar-refractivity contribution in [2.75, 3.05) is 31.2 Å². The second kappa shape index (κ2) is 5.78. The van der Waals surface area contributed by atoms with Crippen LogP contribution in [0.5, 0.6) is 0 Å². The predicted molar refractivity (Wildman–Crippen MR) is 69.7 cm³/mol. The van der Waals surface area contributed by atoms with Crippen molar-refractivity contribution in [2.24, 2.45) is 5.92 Å². The van der Waals surface area contributed by atoms with Gasteiger partial charge in [-0.05, 0) is 18.0 Å². The first-order valence-corrected chi connectivity index (χ1v) is 7.15. The summed E-state index contributed by atoms with van der Waals surface area (Å²) in [5, 5.41) is 13.3. The molecule has 2 atom stereocenters. The van der Waals surface area contributed by atoms with Gasteiger partial charge in [-0.25, -0.2) is 0 Å². The molecule has 7 heteroatoms. The average Bonchev–Trinajstić information content (AvgIpc) is 2.98. The number of rotatable bonds is 3. The van der Waals surface area contributed by atoms with Crippen LogP contribution < -0.4 is 4.90 Å². The van der Waals surface area contributed by atoms with Crippen molar-refractivity contribution in [2.45, 2.75) is 31.6 Å². The fourth-order valence-corrected chi connectivity index (χ4v) is 2.99. The van der Waals surface area contributed by atoms with Gasteiger partial charge < -0.3 is 19.3 Å². The van der Waals surface area contributed by atoms with Crippen LogP contribution in [0, 0.1) is 5.92 Å². The molecule has 2 fully saturated rings. The Labute approximate surface area is 116 Å². The number of carboxylic acid groups (broad SMARTS) is 1. The maximum absolute atomic E-state index is 11.3. The van der Waals surface area contributed by atoms with E-state index in [1.165, 1.54) is 0 Å². The largest absolute Gasteiger partial charge is 0.481 e. The summed E-state index contributed by atoms with van der Waals surface area (Å²) in [6.07, 6.45) is 3.47. The summed E-state index contributed by atoms with van der Waals surface area (Å²) in [5.74, 6) is -0.289. The fraction of sp³-hybridized carbons (Fsp3) is 0.769. The van der Waals surface area contributed by atoms with E-state index in [0.717, 1.165) is 32.4 Å². The molecule has 1 saturated carbocycles. The van der Waals surface area contributed by atoms with Crippen molar-refractivity contribution >= 4 is 11.9 Å². The Hall–Kier alpha value is -1.63. The number of nitrogens with zero attached hydrogens (tertiary/aromatic N) is 3. The molecular weight excluding hydrogens is 262 g/mol. The average molecular weight is 281 g/mol. The van der Waals surface area contributed by atoms with Crippen LogP contribution in [0.1, 0.15) is 37.5 Å². The Kier molecular flexibility index (Phi) is 3.86. The number of anilines is 1. The zero-order valence-corrected chi connectivity index (χ0v) is 11.3. The number of morpholine rings is 1. The molecule has 1 aliphatic heterocycles. The van der Waals surface area contributed by atoms with E-state index in [1.54, 1.807) is 0 Å². The van der Waals surface area contributed by atoms with Crippen molar-refractivity contribution < 1.29 is 19.2 Å². The SMILES string of the molecule is O=C(O)C1CCCCC1c1nc(N2CCOCC2)no1. The third-order valence-electron chi connectivity index (χ3n) is 4.13. The minimum Gasteiger partial charge on any atom is -0.481 e.